The number of hydrogen-bond acceptors (Lipinski definition) is 0. The van der Waals surface area contributed by atoms with Crippen molar-refractivity contribution in [3.8, 4) is 5.69 Å². The Balaban J connectivity index is 2.24. The van der Waals surface area contributed by atoms with Gasteiger partial charge in [-0.05, 0) is 29.4 Å². The standard InChI is InChI=1S/C18H20NP/c1-18(2,3)20-17-13-14-9-7-8-12-16(14)19(17)15-10-5-4-6-11-15/h4-13,20H,1-3H3. The van der Waals surface area contributed by atoms with Gasteiger partial charge in [0.25, 0.3) is 0 Å². The van der Waals surface area contributed by atoms with E-state index in [4.69, 9.17) is 0 Å². The molecule has 3 rings (SSSR count). The van der Waals surface area contributed by atoms with Gasteiger partial charge in [-0.1, -0.05) is 65.8 Å². The summed E-state index contributed by atoms with van der Waals surface area (Å²) in [5, 5.41) is 1.63. The van der Waals surface area contributed by atoms with Gasteiger partial charge in [-0.3, -0.25) is 0 Å². The molecule has 0 radical (unpaired) electrons. The van der Waals surface area contributed by atoms with Crippen LogP contribution in [0.5, 0.6) is 0 Å². The Kier molecular flexibility index (Phi) is 3.40. The molecule has 0 aliphatic rings. The predicted octanol–water partition coefficient (Wildman–Crippen LogP) is 4.73. The highest BCUT2D eigenvalue weighted by molar-refractivity contribution is 7.48. The van der Waals surface area contributed by atoms with E-state index >= 15 is 0 Å². The zero-order valence-electron chi connectivity index (χ0n) is 12.2. The van der Waals surface area contributed by atoms with Gasteiger partial charge in [-0.2, -0.15) is 0 Å². The molecule has 0 N–H and O–H groups in total. The molecular weight excluding hydrogens is 261 g/mol. The molecule has 0 fully saturated rings. The summed E-state index contributed by atoms with van der Waals surface area (Å²) >= 11 is 0. The second-order valence-corrected chi connectivity index (χ2v) is 8.40. The number of hydrogen-bond donors (Lipinski definition) is 0. The third kappa shape index (κ3) is 2.64. The van der Waals surface area contributed by atoms with Gasteiger partial charge in [0.05, 0.1) is 5.52 Å². The van der Waals surface area contributed by atoms with Crippen molar-refractivity contribution in [1.29, 1.82) is 0 Å². The van der Waals surface area contributed by atoms with Crippen molar-refractivity contribution in [3.63, 3.8) is 0 Å². The highest BCUT2D eigenvalue weighted by atomic mass is 31.1. The van der Waals surface area contributed by atoms with Gasteiger partial charge in [-0.25, -0.2) is 0 Å². The van der Waals surface area contributed by atoms with E-state index in [2.05, 4.69) is 86.0 Å². The summed E-state index contributed by atoms with van der Waals surface area (Å²) in [5.41, 5.74) is 3.95. The molecule has 0 saturated heterocycles. The third-order valence-corrected chi connectivity index (χ3v) is 4.60. The molecule has 1 unspecified atom stereocenters. The number of benzene rings is 2. The molecule has 102 valence electrons. The summed E-state index contributed by atoms with van der Waals surface area (Å²) < 4.78 is 2.40. The molecule has 2 aromatic carbocycles. The number of nitrogens with zero attached hydrogens (tertiary/aromatic N) is 1. The van der Waals surface area contributed by atoms with Crippen molar-refractivity contribution in [2.45, 2.75) is 25.9 Å². The normalized spacial score (nSPS) is 12.6. The highest BCUT2D eigenvalue weighted by Gasteiger charge is 2.17. The number of para-hydroxylation sites is 2. The smallest absolute Gasteiger partial charge is 0.0535 e. The Morgan fingerprint density at radius 3 is 2.20 bits per heavy atom. The SMILES string of the molecule is CC(C)(C)Pc1cc2ccccc2n1-c1ccccc1. The van der Waals surface area contributed by atoms with Gasteiger partial charge in [-0.15, -0.1) is 0 Å². The lowest BCUT2D eigenvalue weighted by Crippen LogP contribution is -2.17. The van der Waals surface area contributed by atoms with Gasteiger partial charge in [0.1, 0.15) is 0 Å². The van der Waals surface area contributed by atoms with Crippen molar-refractivity contribution in [2.75, 3.05) is 0 Å². The van der Waals surface area contributed by atoms with Crippen LogP contribution in [0, 0.1) is 0 Å². The molecule has 1 heterocycles. The van der Waals surface area contributed by atoms with Crippen LogP contribution in [0.4, 0.5) is 0 Å². The Hall–Kier alpha value is -1.59. The van der Waals surface area contributed by atoms with Gasteiger partial charge in [0, 0.05) is 16.5 Å². The van der Waals surface area contributed by atoms with Crippen LogP contribution >= 0.6 is 8.58 Å². The zero-order chi connectivity index (χ0) is 14.2. The van der Waals surface area contributed by atoms with E-state index in [-0.39, 0.29) is 0 Å². The molecule has 0 bridgehead atoms. The van der Waals surface area contributed by atoms with E-state index < -0.39 is 0 Å². The second-order valence-electron chi connectivity index (χ2n) is 6.13. The van der Waals surface area contributed by atoms with Crippen LogP contribution in [0.1, 0.15) is 20.8 Å². The summed E-state index contributed by atoms with van der Waals surface area (Å²) in [7, 11) is 0.784. The molecule has 1 nitrogen and oxygen atoms in total. The first-order valence-corrected chi connectivity index (χ1v) is 7.99. The lowest BCUT2D eigenvalue weighted by Gasteiger charge is -2.20. The van der Waals surface area contributed by atoms with Gasteiger partial charge >= 0.3 is 0 Å². The van der Waals surface area contributed by atoms with Crippen molar-refractivity contribution < 1.29 is 0 Å². The van der Waals surface area contributed by atoms with Crippen LogP contribution in [0.2, 0.25) is 0 Å². The Morgan fingerprint density at radius 1 is 0.850 bits per heavy atom. The van der Waals surface area contributed by atoms with Crippen molar-refractivity contribution in [2.24, 2.45) is 0 Å². The Labute approximate surface area is 122 Å². The molecule has 0 amide bonds. The lowest BCUT2D eigenvalue weighted by molar-refractivity contribution is 0.798. The Morgan fingerprint density at radius 2 is 1.50 bits per heavy atom. The average molecular weight is 281 g/mol. The van der Waals surface area contributed by atoms with Gasteiger partial charge in [0.15, 0.2) is 0 Å². The first-order valence-electron chi connectivity index (χ1n) is 6.99. The van der Waals surface area contributed by atoms with Crippen LogP contribution in [-0.4, -0.2) is 9.72 Å². The van der Waals surface area contributed by atoms with Crippen molar-refractivity contribution >= 4 is 24.9 Å². The molecule has 0 spiro atoms. The van der Waals surface area contributed by atoms with E-state index in [9.17, 15) is 0 Å². The molecule has 2 heteroatoms. The van der Waals surface area contributed by atoms with E-state index in [0.717, 1.165) is 8.58 Å². The topological polar surface area (TPSA) is 4.93 Å². The summed E-state index contributed by atoms with van der Waals surface area (Å²) in [6.45, 7) is 6.91. The van der Waals surface area contributed by atoms with Crippen LogP contribution in [0.15, 0.2) is 60.7 Å². The molecule has 1 atom stereocenters. The zero-order valence-corrected chi connectivity index (χ0v) is 13.2. The quantitative estimate of drug-likeness (QED) is 0.598. The maximum atomic E-state index is 2.40. The van der Waals surface area contributed by atoms with E-state index in [0.29, 0.717) is 5.16 Å². The summed E-state index contributed by atoms with van der Waals surface area (Å²) in [6, 6.07) is 21.6. The first-order chi connectivity index (χ1) is 9.54. The maximum Gasteiger partial charge on any atom is 0.0535 e. The van der Waals surface area contributed by atoms with E-state index in [1.165, 1.54) is 22.0 Å². The lowest BCUT2D eigenvalue weighted by atomic mass is 10.2. The summed E-state index contributed by atoms with van der Waals surface area (Å²) in [6.07, 6.45) is 0. The molecule has 3 aromatic rings. The fraction of sp³-hybridized carbons (Fsp3) is 0.222. The molecule has 20 heavy (non-hydrogen) atoms. The fourth-order valence-electron chi connectivity index (χ4n) is 2.49. The maximum absolute atomic E-state index is 2.40. The largest absolute Gasteiger partial charge is 0.310 e. The molecular formula is C18H20NP. The van der Waals surface area contributed by atoms with Gasteiger partial charge in [0.2, 0.25) is 0 Å². The van der Waals surface area contributed by atoms with Crippen molar-refractivity contribution in [3.05, 3.63) is 60.7 Å². The molecule has 1 aromatic heterocycles. The van der Waals surface area contributed by atoms with Crippen LogP contribution < -0.4 is 5.44 Å². The van der Waals surface area contributed by atoms with Crippen LogP contribution in [-0.2, 0) is 0 Å². The van der Waals surface area contributed by atoms with E-state index in [1.54, 1.807) is 0 Å². The average Bonchev–Trinajstić information content (AvgIpc) is 2.75. The third-order valence-electron chi connectivity index (χ3n) is 3.23. The summed E-state index contributed by atoms with van der Waals surface area (Å²) in [4.78, 5) is 0. The molecule has 0 aliphatic carbocycles. The molecule has 0 saturated carbocycles. The molecule has 0 aliphatic heterocycles. The minimum atomic E-state index is 0.306. The van der Waals surface area contributed by atoms with Crippen LogP contribution in [0.25, 0.3) is 16.6 Å². The monoisotopic (exact) mass is 281 g/mol. The number of rotatable bonds is 2. The Bertz CT molecular complexity index is 720. The number of aromatic nitrogens is 1. The minimum Gasteiger partial charge on any atom is -0.310 e. The first kappa shape index (κ1) is 13.4. The minimum absolute atomic E-state index is 0.306. The van der Waals surface area contributed by atoms with Crippen molar-refractivity contribution in [1.82, 2.24) is 4.57 Å². The fourth-order valence-corrected chi connectivity index (χ4v) is 3.84. The number of fused-ring (bicyclic) bond motifs is 1. The second kappa shape index (κ2) is 5.07. The predicted molar refractivity (Wildman–Crippen MR) is 91.0 cm³/mol. The van der Waals surface area contributed by atoms with Crippen LogP contribution in [0.3, 0.4) is 0 Å². The van der Waals surface area contributed by atoms with E-state index in [1.807, 2.05) is 0 Å². The van der Waals surface area contributed by atoms with Gasteiger partial charge < -0.3 is 4.57 Å². The highest BCUT2D eigenvalue weighted by Crippen LogP contribution is 2.33. The summed E-state index contributed by atoms with van der Waals surface area (Å²) in [5.74, 6) is 0.